The van der Waals surface area contributed by atoms with Crippen molar-refractivity contribution in [2.45, 2.75) is 0 Å². The quantitative estimate of drug-likeness (QED) is 0.0650. The molecule has 0 unspecified atom stereocenters. The summed E-state index contributed by atoms with van der Waals surface area (Å²) >= 11 is 0. The van der Waals surface area contributed by atoms with Gasteiger partial charge in [-0.1, -0.05) is 127 Å². The third-order valence-corrected chi connectivity index (χ3v) is 9.96. The van der Waals surface area contributed by atoms with Gasteiger partial charge in [-0.15, -0.1) is 0 Å². The van der Waals surface area contributed by atoms with E-state index in [-0.39, 0.29) is 5.56 Å². The van der Waals surface area contributed by atoms with Crippen LogP contribution in [0.3, 0.4) is 0 Å². The molecule has 264 valence electrons. The Bertz CT molecular complexity index is 2870. The molecule has 0 aliphatic carbocycles. The van der Waals surface area contributed by atoms with Gasteiger partial charge in [0.2, 0.25) is 17.2 Å². The van der Waals surface area contributed by atoms with Gasteiger partial charge in [0.05, 0.1) is 17.0 Å². The molecule has 0 spiro atoms. The summed E-state index contributed by atoms with van der Waals surface area (Å²) in [6.07, 6.45) is 3.57. The molecule has 0 atom stereocenters. The van der Waals surface area contributed by atoms with Crippen LogP contribution in [0.5, 0.6) is 28.7 Å². The van der Waals surface area contributed by atoms with E-state index in [9.17, 15) is 25.5 Å². The highest BCUT2D eigenvalue weighted by molar-refractivity contribution is 6.13. The second-order valence-electron chi connectivity index (χ2n) is 13.2. The van der Waals surface area contributed by atoms with Crippen LogP contribution >= 0.6 is 0 Å². The second-order valence-corrected chi connectivity index (χ2v) is 13.2. The molecule has 7 aromatic carbocycles. The minimum absolute atomic E-state index is 0.226. The van der Waals surface area contributed by atoms with E-state index in [0.717, 1.165) is 33.4 Å². The van der Waals surface area contributed by atoms with Gasteiger partial charge in [0.25, 0.3) is 0 Å². The largest absolute Gasteiger partial charge is 0.504 e. The second kappa shape index (κ2) is 13.4. The Hall–Kier alpha value is -7.71. The predicted molar refractivity (Wildman–Crippen MR) is 216 cm³/mol. The molecule has 0 radical (unpaired) electrons. The number of fused-ring (bicyclic) bond motifs is 3. The number of aromatic nitrogens is 3. The fourth-order valence-electron chi connectivity index (χ4n) is 7.10. The van der Waals surface area contributed by atoms with Crippen LogP contribution < -0.4 is 0 Å². The summed E-state index contributed by atoms with van der Waals surface area (Å²) in [6, 6.07) is 48.0. The number of hydrogen-bond acceptors (Lipinski definition) is 8. The highest BCUT2D eigenvalue weighted by atomic mass is 16.4. The average Bonchev–Trinajstić information content (AvgIpc) is 3.25. The molecular formula is C47H31N3O5. The van der Waals surface area contributed by atoms with Crippen molar-refractivity contribution < 1.29 is 25.5 Å². The van der Waals surface area contributed by atoms with Gasteiger partial charge in [-0.2, -0.15) is 0 Å². The fraction of sp³-hybridized carbons (Fsp3) is 0. The van der Waals surface area contributed by atoms with Gasteiger partial charge in [0.15, 0.2) is 17.3 Å². The lowest BCUT2D eigenvalue weighted by Gasteiger charge is -2.14. The van der Waals surface area contributed by atoms with E-state index in [2.05, 4.69) is 71.7 Å². The lowest BCUT2D eigenvalue weighted by atomic mass is 9.93. The minimum Gasteiger partial charge on any atom is -0.504 e. The van der Waals surface area contributed by atoms with Crippen molar-refractivity contribution in [2.75, 3.05) is 0 Å². The molecule has 55 heavy (non-hydrogen) atoms. The SMILES string of the molecule is Oc1c(O)c(O)c(-c2ccc(-c3cc(-c4ccc(-c5cccnc5)cc4)nc(-c4ccc(-c5cc6ccccc6c6ccccc56)cc4)n3)cc2)c(O)c1O. The lowest BCUT2D eigenvalue weighted by Crippen LogP contribution is -1.96. The number of hydrogen-bond donors (Lipinski definition) is 5. The number of benzene rings is 7. The number of phenolic OH excluding ortho intramolecular Hbond substituents is 5. The smallest absolute Gasteiger partial charge is 0.208 e. The molecule has 9 rings (SSSR count). The number of nitrogens with zero attached hydrogens (tertiary/aromatic N) is 3. The third kappa shape index (κ3) is 5.88. The number of aromatic hydroxyl groups is 5. The zero-order valence-electron chi connectivity index (χ0n) is 29.1. The van der Waals surface area contributed by atoms with Gasteiger partial charge in [-0.3, -0.25) is 4.98 Å². The van der Waals surface area contributed by atoms with Gasteiger partial charge in [0.1, 0.15) is 0 Å². The highest BCUT2D eigenvalue weighted by Gasteiger charge is 2.24. The topological polar surface area (TPSA) is 140 Å². The maximum Gasteiger partial charge on any atom is 0.208 e. The van der Waals surface area contributed by atoms with Gasteiger partial charge >= 0.3 is 0 Å². The molecule has 8 nitrogen and oxygen atoms in total. The molecule has 0 fully saturated rings. The van der Waals surface area contributed by atoms with Crippen LogP contribution in [-0.4, -0.2) is 40.5 Å². The van der Waals surface area contributed by atoms with Crippen LogP contribution in [0, 0.1) is 0 Å². The monoisotopic (exact) mass is 717 g/mol. The van der Waals surface area contributed by atoms with Gasteiger partial charge in [0, 0.05) is 29.1 Å². The normalized spacial score (nSPS) is 11.3. The van der Waals surface area contributed by atoms with Gasteiger partial charge < -0.3 is 25.5 Å². The highest BCUT2D eigenvalue weighted by Crippen LogP contribution is 2.54. The van der Waals surface area contributed by atoms with Crippen molar-refractivity contribution >= 4 is 21.5 Å². The van der Waals surface area contributed by atoms with Crippen LogP contribution in [0.15, 0.2) is 158 Å². The third-order valence-electron chi connectivity index (χ3n) is 9.96. The Kier molecular flexibility index (Phi) is 8.05. The maximum absolute atomic E-state index is 10.5. The molecule has 0 saturated carbocycles. The van der Waals surface area contributed by atoms with E-state index < -0.39 is 28.7 Å². The number of rotatable bonds is 6. The molecule has 9 aromatic rings. The van der Waals surface area contributed by atoms with E-state index in [0.29, 0.717) is 28.3 Å². The van der Waals surface area contributed by atoms with E-state index in [4.69, 9.17) is 9.97 Å². The molecule has 0 saturated heterocycles. The Morgan fingerprint density at radius 3 is 1.49 bits per heavy atom. The minimum atomic E-state index is -1.01. The summed E-state index contributed by atoms with van der Waals surface area (Å²) in [7, 11) is 0. The molecule has 2 aromatic heterocycles. The Morgan fingerprint density at radius 1 is 0.364 bits per heavy atom. The van der Waals surface area contributed by atoms with Crippen molar-refractivity contribution in [3.05, 3.63) is 158 Å². The summed E-state index contributed by atoms with van der Waals surface area (Å²) in [5.74, 6) is -3.89. The molecule has 8 heteroatoms. The molecule has 0 aliphatic rings. The van der Waals surface area contributed by atoms with E-state index in [1.54, 1.807) is 30.5 Å². The zero-order chi connectivity index (χ0) is 37.6. The number of pyridine rings is 1. The Morgan fingerprint density at radius 2 is 0.873 bits per heavy atom. The standard InChI is InChI=1S/C47H31N3O5/c51-42-41(43(52)45(54)46(55)44(42)53)31-19-17-30(18-20-31)40-25-39(29-15-11-27(12-16-29)34-7-5-23-48-26-34)49-47(50-40)32-21-13-28(14-22-32)38-24-33-6-1-2-8-35(33)36-9-3-4-10-37(36)38/h1-26,51-55H. The molecule has 5 N–H and O–H groups in total. The number of phenols is 5. The van der Waals surface area contributed by atoms with Crippen molar-refractivity contribution in [3.8, 4) is 96.0 Å². The summed E-state index contributed by atoms with van der Waals surface area (Å²) < 4.78 is 0. The van der Waals surface area contributed by atoms with Crippen molar-refractivity contribution in [2.24, 2.45) is 0 Å². The molecular weight excluding hydrogens is 687 g/mol. The fourth-order valence-corrected chi connectivity index (χ4v) is 7.10. The average molecular weight is 718 g/mol. The van der Waals surface area contributed by atoms with Crippen LogP contribution in [0.2, 0.25) is 0 Å². The summed E-state index contributed by atoms with van der Waals surface area (Å²) in [4.78, 5) is 14.3. The van der Waals surface area contributed by atoms with Crippen molar-refractivity contribution in [1.82, 2.24) is 15.0 Å². The first-order valence-electron chi connectivity index (χ1n) is 17.5. The summed E-state index contributed by atoms with van der Waals surface area (Å²) in [6.45, 7) is 0. The van der Waals surface area contributed by atoms with E-state index in [1.807, 2.05) is 60.8 Å². The predicted octanol–water partition coefficient (Wildman–Crippen LogP) is 10.7. The van der Waals surface area contributed by atoms with Gasteiger partial charge in [-0.25, -0.2) is 9.97 Å². The summed E-state index contributed by atoms with van der Waals surface area (Å²) in [5.41, 5.74) is 8.06. The lowest BCUT2D eigenvalue weighted by molar-refractivity contribution is 0.330. The van der Waals surface area contributed by atoms with Crippen LogP contribution in [0.1, 0.15) is 0 Å². The Balaban J connectivity index is 1.14. The van der Waals surface area contributed by atoms with Crippen LogP contribution in [0.4, 0.5) is 0 Å². The molecule has 2 heterocycles. The van der Waals surface area contributed by atoms with E-state index >= 15 is 0 Å². The zero-order valence-corrected chi connectivity index (χ0v) is 29.1. The Labute approximate surface area is 315 Å². The van der Waals surface area contributed by atoms with E-state index in [1.165, 1.54) is 21.5 Å². The molecule has 0 amide bonds. The first kappa shape index (κ1) is 33.1. The molecule has 0 aliphatic heterocycles. The summed E-state index contributed by atoms with van der Waals surface area (Å²) in [5, 5.41) is 55.9. The first-order chi connectivity index (χ1) is 26.8. The molecule has 0 bridgehead atoms. The first-order valence-corrected chi connectivity index (χ1v) is 17.5. The van der Waals surface area contributed by atoms with Crippen molar-refractivity contribution in [1.29, 1.82) is 0 Å². The van der Waals surface area contributed by atoms with Crippen LogP contribution in [-0.2, 0) is 0 Å². The maximum atomic E-state index is 10.5. The van der Waals surface area contributed by atoms with Crippen LogP contribution in [0.25, 0.3) is 88.8 Å². The van der Waals surface area contributed by atoms with Gasteiger partial charge in [-0.05, 0) is 67.6 Å². The van der Waals surface area contributed by atoms with Crippen molar-refractivity contribution in [3.63, 3.8) is 0 Å².